The van der Waals surface area contributed by atoms with Gasteiger partial charge in [0.25, 0.3) is 0 Å². The zero-order valence-electron chi connectivity index (χ0n) is 9.20. The van der Waals surface area contributed by atoms with E-state index in [0.29, 0.717) is 5.56 Å². The molecule has 0 fully saturated rings. The molecule has 0 spiro atoms. The minimum Gasteiger partial charge on any atom is -0.381 e. The largest absolute Gasteiger partial charge is 0.381 e. The number of benzene rings is 1. The van der Waals surface area contributed by atoms with Crippen LogP contribution in [0.5, 0.6) is 0 Å². The fourth-order valence-corrected chi connectivity index (χ4v) is 2.45. The number of hydrogen-bond donors (Lipinski definition) is 1. The van der Waals surface area contributed by atoms with Gasteiger partial charge in [0.15, 0.2) is 0 Å². The molecule has 0 aliphatic heterocycles. The predicted octanol–water partition coefficient (Wildman–Crippen LogP) is 3.45. The Bertz CT molecular complexity index is 485. The summed E-state index contributed by atoms with van der Waals surface area (Å²) in [5.74, 6) is -0.291. The van der Waals surface area contributed by atoms with Gasteiger partial charge in [-0.1, -0.05) is 12.1 Å². The van der Waals surface area contributed by atoms with E-state index in [1.807, 2.05) is 18.4 Å². The summed E-state index contributed by atoms with van der Waals surface area (Å²) in [6, 6.07) is 7.91. The van der Waals surface area contributed by atoms with Crippen LogP contribution in [-0.4, -0.2) is 5.11 Å². The Labute approximate surface area is 98.2 Å². The van der Waals surface area contributed by atoms with Crippen LogP contribution >= 0.6 is 11.3 Å². The van der Waals surface area contributed by atoms with Gasteiger partial charge in [-0.3, -0.25) is 0 Å². The van der Waals surface area contributed by atoms with Crippen molar-refractivity contribution in [3.63, 3.8) is 0 Å². The Morgan fingerprint density at radius 2 is 1.81 bits per heavy atom. The number of aryl methyl sites for hydroxylation is 1. The van der Waals surface area contributed by atoms with Crippen molar-refractivity contribution in [2.24, 2.45) is 0 Å². The average Bonchev–Trinajstić information content (AvgIpc) is 2.66. The maximum atomic E-state index is 12.8. The van der Waals surface area contributed by atoms with Crippen molar-refractivity contribution in [1.29, 1.82) is 0 Å². The standard InChI is InChI=1S/C13H13FOS/c1-9-7-11(8-16-9)13(2,15)10-3-5-12(14)6-4-10/h3-8,15H,1-2H3. The van der Waals surface area contributed by atoms with Gasteiger partial charge in [0.2, 0.25) is 0 Å². The Hall–Kier alpha value is -1.19. The lowest BCUT2D eigenvalue weighted by atomic mass is 9.90. The second-order valence-electron chi connectivity index (χ2n) is 4.03. The first-order valence-corrected chi connectivity index (χ1v) is 5.92. The molecule has 0 saturated heterocycles. The van der Waals surface area contributed by atoms with Crippen molar-refractivity contribution >= 4 is 11.3 Å². The molecule has 84 valence electrons. The lowest BCUT2D eigenvalue weighted by Gasteiger charge is -2.22. The van der Waals surface area contributed by atoms with Gasteiger partial charge in [-0.2, -0.15) is 0 Å². The fourth-order valence-electron chi connectivity index (χ4n) is 1.64. The number of thiophene rings is 1. The van der Waals surface area contributed by atoms with E-state index in [9.17, 15) is 9.50 Å². The van der Waals surface area contributed by atoms with Crippen LogP contribution in [0.2, 0.25) is 0 Å². The molecule has 1 N–H and O–H groups in total. The number of rotatable bonds is 2. The average molecular weight is 236 g/mol. The Morgan fingerprint density at radius 3 is 2.31 bits per heavy atom. The van der Waals surface area contributed by atoms with Crippen LogP contribution in [0.15, 0.2) is 35.7 Å². The van der Waals surface area contributed by atoms with Gasteiger partial charge >= 0.3 is 0 Å². The molecule has 16 heavy (non-hydrogen) atoms. The van der Waals surface area contributed by atoms with E-state index >= 15 is 0 Å². The molecule has 0 radical (unpaired) electrons. The van der Waals surface area contributed by atoms with Crippen LogP contribution in [0.3, 0.4) is 0 Å². The Morgan fingerprint density at radius 1 is 1.19 bits per heavy atom. The molecule has 1 atom stereocenters. The SMILES string of the molecule is Cc1cc(C(C)(O)c2ccc(F)cc2)cs1. The van der Waals surface area contributed by atoms with Crippen LogP contribution in [0.25, 0.3) is 0 Å². The summed E-state index contributed by atoms with van der Waals surface area (Å²) in [7, 11) is 0. The molecule has 1 heterocycles. The first-order chi connectivity index (χ1) is 7.50. The summed E-state index contributed by atoms with van der Waals surface area (Å²) >= 11 is 1.60. The highest BCUT2D eigenvalue weighted by atomic mass is 32.1. The molecular weight excluding hydrogens is 223 g/mol. The highest BCUT2D eigenvalue weighted by Gasteiger charge is 2.26. The number of hydrogen-bond acceptors (Lipinski definition) is 2. The maximum absolute atomic E-state index is 12.8. The molecule has 1 unspecified atom stereocenters. The summed E-state index contributed by atoms with van der Waals surface area (Å²) in [6.07, 6.45) is 0. The molecule has 0 bridgehead atoms. The minimum atomic E-state index is -1.06. The highest BCUT2D eigenvalue weighted by Crippen LogP contribution is 2.31. The van der Waals surface area contributed by atoms with E-state index in [1.54, 1.807) is 30.4 Å². The lowest BCUT2D eigenvalue weighted by molar-refractivity contribution is 0.103. The molecule has 0 aliphatic carbocycles. The first kappa shape index (κ1) is 11.3. The molecule has 0 aliphatic rings. The third-order valence-corrected chi connectivity index (χ3v) is 3.56. The van der Waals surface area contributed by atoms with E-state index in [2.05, 4.69) is 0 Å². The van der Waals surface area contributed by atoms with E-state index in [0.717, 1.165) is 10.4 Å². The minimum absolute atomic E-state index is 0.291. The molecule has 1 nitrogen and oxygen atoms in total. The molecule has 0 amide bonds. The molecule has 0 saturated carbocycles. The summed E-state index contributed by atoms with van der Waals surface area (Å²) in [4.78, 5) is 1.15. The van der Waals surface area contributed by atoms with Crippen molar-refractivity contribution in [2.75, 3.05) is 0 Å². The van der Waals surface area contributed by atoms with Gasteiger partial charge in [0, 0.05) is 4.88 Å². The summed E-state index contributed by atoms with van der Waals surface area (Å²) in [6.45, 7) is 3.72. The smallest absolute Gasteiger partial charge is 0.123 e. The molecule has 1 aromatic carbocycles. The molecular formula is C13H13FOS. The van der Waals surface area contributed by atoms with Crippen LogP contribution in [0, 0.1) is 12.7 Å². The quantitative estimate of drug-likeness (QED) is 0.846. The van der Waals surface area contributed by atoms with Crippen molar-refractivity contribution < 1.29 is 9.50 Å². The maximum Gasteiger partial charge on any atom is 0.123 e. The number of aliphatic hydroxyl groups is 1. The van der Waals surface area contributed by atoms with Gasteiger partial charge in [0.1, 0.15) is 11.4 Å². The molecule has 3 heteroatoms. The molecule has 2 aromatic rings. The topological polar surface area (TPSA) is 20.2 Å². The third kappa shape index (κ3) is 2.01. The highest BCUT2D eigenvalue weighted by molar-refractivity contribution is 7.10. The fraction of sp³-hybridized carbons (Fsp3) is 0.231. The predicted molar refractivity (Wildman–Crippen MR) is 64.1 cm³/mol. The molecule has 2 rings (SSSR count). The number of halogens is 1. The van der Waals surface area contributed by atoms with E-state index < -0.39 is 5.60 Å². The monoisotopic (exact) mass is 236 g/mol. The van der Waals surface area contributed by atoms with Crippen LogP contribution in [0.4, 0.5) is 4.39 Å². The Balaban J connectivity index is 2.42. The van der Waals surface area contributed by atoms with Gasteiger partial charge in [-0.25, -0.2) is 4.39 Å². The van der Waals surface area contributed by atoms with Crippen molar-refractivity contribution in [3.8, 4) is 0 Å². The van der Waals surface area contributed by atoms with E-state index in [1.165, 1.54) is 12.1 Å². The third-order valence-electron chi connectivity index (χ3n) is 2.70. The lowest BCUT2D eigenvalue weighted by Crippen LogP contribution is -2.21. The molecule has 1 aromatic heterocycles. The Kier molecular flexibility index (Phi) is 2.82. The zero-order valence-corrected chi connectivity index (χ0v) is 10.0. The first-order valence-electron chi connectivity index (χ1n) is 5.04. The van der Waals surface area contributed by atoms with Gasteiger partial charge in [0.05, 0.1) is 0 Å². The van der Waals surface area contributed by atoms with Crippen molar-refractivity contribution in [1.82, 2.24) is 0 Å². The second-order valence-corrected chi connectivity index (χ2v) is 5.14. The normalized spacial score (nSPS) is 14.8. The van der Waals surface area contributed by atoms with Gasteiger partial charge in [-0.05, 0) is 48.6 Å². The summed E-state index contributed by atoms with van der Waals surface area (Å²) in [5.41, 5.74) is 0.492. The van der Waals surface area contributed by atoms with Crippen LogP contribution < -0.4 is 0 Å². The zero-order chi connectivity index (χ0) is 11.8. The second kappa shape index (κ2) is 4.00. The summed E-state index contributed by atoms with van der Waals surface area (Å²) < 4.78 is 12.8. The van der Waals surface area contributed by atoms with Crippen molar-refractivity contribution in [2.45, 2.75) is 19.4 Å². The van der Waals surface area contributed by atoms with Crippen molar-refractivity contribution in [3.05, 3.63) is 57.5 Å². The van der Waals surface area contributed by atoms with Gasteiger partial charge < -0.3 is 5.11 Å². The van der Waals surface area contributed by atoms with Gasteiger partial charge in [-0.15, -0.1) is 11.3 Å². The van der Waals surface area contributed by atoms with Crippen LogP contribution in [-0.2, 0) is 5.60 Å². The summed E-state index contributed by atoms with van der Waals surface area (Å²) in [5, 5.41) is 12.4. The van der Waals surface area contributed by atoms with E-state index in [4.69, 9.17) is 0 Å². The van der Waals surface area contributed by atoms with Crippen LogP contribution in [0.1, 0.15) is 22.9 Å². The van der Waals surface area contributed by atoms with E-state index in [-0.39, 0.29) is 5.82 Å².